The summed E-state index contributed by atoms with van der Waals surface area (Å²) < 4.78 is 38.6. The largest absolute Gasteiger partial charge is 0.357 e. The van der Waals surface area contributed by atoms with Gasteiger partial charge in [0.25, 0.3) is 0 Å². The van der Waals surface area contributed by atoms with Crippen molar-refractivity contribution in [3.63, 3.8) is 0 Å². The number of hydrogen-bond donors (Lipinski definition) is 2. The lowest BCUT2D eigenvalue weighted by Crippen LogP contribution is -2.45. The Kier molecular flexibility index (Phi) is 9.98. The maximum atomic E-state index is 13.8. The van der Waals surface area contributed by atoms with Crippen LogP contribution >= 0.6 is 24.0 Å². The maximum absolute atomic E-state index is 13.8. The molecular weight excluding hydrogens is 534 g/mol. The fraction of sp³-hybridized carbons (Fsp3) is 0.619. The molecule has 31 heavy (non-hydrogen) atoms. The zero-order valence-corrected chi connectivity index (χ0v) is 21.0. The third-order valence-electron chi connectivity index (χ3n) is 5.69. The molecule has 1 aromatic carbocycles. The van der Waals surface area contributed by atoms with Gasteiger partial charge in [-0.05, 0) is 38.3 Å². The SMILES string of the molecule is CCNC(=NCCS(=O)(=O)c1ccccc1F)NC1CCN(C(=O)C2CCCC2)C1.I. The van der Waals surface area contributed by atoms with Crippen molar-refractivity contribution >= 4 is 45.7 Å². The zero-order chi connectivity index (χ0) is 21.6. The van der Waals surface area contributed by atoms with Crippen molar-refractivity contribution in [2.24, 2.45) is 10.9 Å². The number of amides is 1. The molecule has 1 heterocycles. The van der Waals surface area contributed by atoms with E-state index in [4.69, 9.17) is 0 Å². The lowest BCUT2D eigenvalue weighted by molar-refractivity contribution is -0.134. The Morgan fingerprint density at radius 3 is 2.61 bits per heavy atom. The number of hydrogen-bond acceptors (Lipinski definition) is 4. The van der Waals surface area contributed by atoms with Crippen LogP contribution in [0.2, 0.25) is 0 Å². The molecule has 1 amide bonds. The summed E-state index contributed by atoms with van der Waals surface area (Å²) in [5.74, 6) is -0.0728. The molecule has 1 saturated carbocycles. The number of aliphatic imine (C=N–C) groups is 1. The van der Waals surface area contributed by atoms with Crippen molar-refractivity contribution in [2.45, 2.75) is 50.0 Å². The molecule has 0 radical (unpaired) electrons. The smallest absolute Gasteiger partial charge is 0.225 e. The fourth-order valence-corrected chi connectivity index (χ4v) is 5.31. The number of likely N-dealkylation sites (tertiary alicyclic amines) is 1. The molecule has 0 bridgehead atoms. The summed E-state index contributed by atoms with van der Waals surface area (Å²) in [5.41, 5.74) is 0. The lowest BCUT2D eigenvalue weighted by Gasteiger charge is -2.21. The average Bonchev–Trinajstić information content (AvgIpc) is 3.40. The quantitative estimate of drug-likeness (QED) is 0.301. The molecular formula is C21H32FIN4O3S. The number of nitrogens with zero attached hydrogens (tertiary/aromatic N) is 2. The van der Waals surface area contributed by atoms with E-state index >= 15 is 0 Å². The zero-order valence-electron chi connectivity index (χ0n) is 17.8. The van der Waals surface area contributed by atoms with Crippen LogP contribution in [0.15, 0.2) is 34.2 Å². The van der Waals surface area contributed by atoms with Crippen LogP contribution in [0.1, 0.15) is 39.0 Å². The van der Waals surface area contributed by atoms with Crippen molar-refractivity contribution < 1.29 is 17.6 Å². The van der Waals surface area contributed by atoms with E-state index in [0.717, 1.165) is 44.7 Å². The average molecular weight is 566 g/mol. The van der Waals surface area contributed by atoms with Crippen LogP contribution in [-0.4, -0.2) is 63.2 Å². The fourth-order valence-electron chi connectivity index (χ4n) is 4.11. The Labute approximate surface area is 201 Å². The van der Waals surface area contributed by atoms with Crippen molar-refractivity contribution in [3.8, 4) is 0 Å². The van der Waals surface area contributed by atoms with E-state index in [1.54, 1.807) is 0 Å². The van der Waals surface area contributed by atoms with E-state index in [9.17, 15) is 17.6 Å². The Hall–Kier alpha value is -1.43. The van der Waals surface area contributed by atoms with Crippen LogP contribution in [0.5, 0.6) is 0 Å². The second kappa shape index (κ2) is 12.0. The van der Waals surface area contributed by atoms with Crippen LogP contribution in [0.3, 0.4) is 0 Å². The first kappa shape index (κ1) is 25.8. The van der Waals surface area contributed by atoms with Gasteiger partial charge < -0.3 is 15.5 Å². The Bertz CT molecular complexity index is 875. The van der Waals surface area contributed by atoms with Crippen LogP contribution in [-0.2, 0) is 14.6 Å². The lowest BCUT2D eigenvalue weighted by atomic mass is 10.1. The van der Waals surface area contributed by atoms with Gasteiger partial charge in [0.15, 0.2) is 15.8 Å². The molecule has 2 fully saturated rings. The highest BCUT2D eigenvalue weighted by Crippen LogP contribution is 2.27. The van der Waals surface area contributed by atoms with E-state index < -0.39 is 15.7 Å². The Morgan fingerprint density at radius 2 is 1.94 bits per heavy atom. The van der Waals surface area contributed by atoms with Crippen LogP contribution in [0.4, 0.5) is 4.39 Å². The van der Waals surface area contributed by atoms with Gasteiger partial charge in [0.1, 0.15) is 10.7 Å². The van der Waals surface area contributed by atoms with Gasteiger partial charge in [-0.3, -0.25) is 9.79 Å². The normalized spacial score (nSPS) is 19.9. The first-order chi connectivity index (χ1) is 14.4. The number of carbonyl (C=O) groups is 1. The minimum atomic E-state index is -3.75. The van der Waals surface area contributed by atoms with Crippen molar-refractivity contribution in [2.75, 3.05) is 31.9 Å². The molecule has 1 aliphatic heterocycles. The van der Waals surface area contributed by atoms with Crippen LogP contribution in [0, 0.1) is 11.7 Å². The summed E-state index contributed by atoms with van der Waals surface area (Å²) in [5, 5.41) is 6.42. The molecule has 7 nitrogen and oxygen atoms in total. The van der Waals surface area contributed by atoms with Crippen molar-refractivity contribution in [3.05, 3.63) is 30.1 Å². The number of rotatable bonds is 7. The second-order valence-electron chi connectivity index (χ2n) is 7.91. The van der Waals surface area contributed by atoms with E-state index in [0.29, 0.717) is 19.0 Å². The van der Waals surface area contributed by atoms with E-state index in [1.165, 1.54) is 18.2 Å². The van der Waals surface area contributed by atoms with Gasteiger partial charge >= 0.3 is 0 Å². The predicted molar refractivity (Wildman–Crippen MR) is 130 cm³/mol. The van der Waals surface area contributed by atoms with Crippen molar-refractivity contribution in [1.82, 2.24) is 15.5 Å². The number of nitrogens with one attached hydrogen (secondary N) is 2. The van der Waals surface area contributed by atoms with Gasteiger partial charge in [-0.15, -0.1) is 24.0 Å². The van der Waals surface area contributed by atoms with Crippen molar-refractivity contribution in [1.29, 1.82) is 0 Å². The van der Waals surface area contributed by atoms with Gasteiger partial charge in [0.05, 0.1) is 12.3 Å². The summed E-state index contributed by atoms with van der Waals surface area (Å²) in [6.45, 7) is 3.94. The van der Waals surface area contributed by atoms with Gasteiger partial charge in [-0.2, -0.15) is 0 Å². The minimum absolute atomic E-state index is 0. The number of halogens is 2. The topological polar surface area (TPSA) is 90.9 Å². The third-order valence-corrected chi connectivity index (χ3v) is 7.41. The van der Waals surface area contributed by atoms with Gasteiger partial charge in [0.2, 0.25) is 5.91 Å². The number of guanidine groups is 1. The van der Waals surface area contributed by atoms with E-state index in [-0.39, 0.29) is 59.0 Å². The molecule has 0 aromatic heterocycles. The summed E-state index contributed by atoms with van der Waals surface area (Å²) in [6.07, 6.45) is 5.09. The standard InChI is InChI=1S/C21H31FN4O3S.HI/c1-2-23-21(24-12-14-30(28,29)19-10-6-5-9-18(19)22)25-17-11-13-26(15-17)20(27)16-7-3-4-8-16;/h5-6,9-10,16-17H,2-4,7-8,11-15H2,1H3,(H2,23,24,25);1H. The second-order valence-corrected chi connectivity index (χ2v) is 9.98. The highest BCUT2D eigenvalue weighted by Gasteiger charge is 2.32. The molecule has 0 spiro atoms. The van der Waals surface area contributed by atoms with E-state index in [1.807, 2.05) is 11.8 Å². The predicted octanol–water partition coefficient (Wildman–Crippen LogP) is 2.56. The van der Waals surface area contributed by atoms with Crippen LogP contribution < -0.4 is 10.6 Å². The Morgan fingerprint density at radius 1 is 1.23 bits per heavy atom. The summed E-state index contributed by atoms with van der Waals surface area (Å²) >= 11 is 0. The molecule has 1 aromatic rings. The summed E-state index contributed by atoms with van der Waals surface area (Å²) in [6, 6.07) is 5.45. The Balaban J connectivity index is 0.00000341. The molecule has 2 N–H and O–H groups in total. The highest BCUT2D eigenvalue weighted by molar-refractivity contribution is 14.0. The summed E-state index contributed by atoms with van der Waals surface area (Å²) in [4.78, 5) is 18.6. The highest BCUT2D eigenvalue weighted by atomic mass is 127. The van der Waals surface area contributed by atoms with Gasteiger partial charge in [-0.1, -0.05) is 25.0 Å². The van der Waals surface area contributed by atoms with Gasteiger partial charge in [0, 0.05) is 31.6 Å². The molecule has 2 aliphatic rings. The van der Waals surface area contributed by atoms with Crippen LogP contribution in [0.25, 0.3) is 0 Å². The molecule has 1 atom stereocenters. The molecule has 10 heteroatoms. The molecule has 1 saturated heterocycles. The maximum Gasteiger partial charge on any atom is 0.225 e. The monoisotopic (exact) mass is 566 g/mol. The minimum Gasteiger partial charge on any atom is -0.357 e. The molecule has 1 aliphatic carbocycles. The first-order valence-corrected chi connectivity index (χ1v) is 12.4. The van der Waals surface area contributed by atoms with E-state index in [2.05, 4.69) is 15.6 Å². The molecule has 3 rings (SSSR count). The molecule has 174 valence electrons. The third kappa shape index (κ3) is 7.03. The number of carbonyl (C=O) groups excluding carboxylic acids is 1. The molecule has 1 unspecified atom stereocenters. The van der Waals surface area contributed by atoms with Gasteiger partial charge in [-0.25, -0.2) is 12.8 Å². The summed E-state index contributed by atoms with van der Waals surface area (Å²) in [7, 11) is -3.75. The number of sulfone groups is 1. The first-order valence-electron chi connectivity index (χ1n) is 10.7. The number of benzene rings is 1.